The molecule has 0 radical (unpaired) electrons. The molecule has 4 rings (SSSR count). The van der Waals surface area contributed by atoms with Gasteiger partial charge in [-0.1, -0.05) is 18.2 Å². The normalized spacial score (nSPS) is 22.9. The van der Waals surface area contributed by atoms with Crippen LogP contribution in [0.3, 0.4) is 0 Å². The average Bonchev–Trinajstić information content (AvgIpc) is 3.20. The van der Waals surface area contributed by atoms with E-state index < -0.39 is 9.84 Å². The molecule has 1 fully saturated rings. The van der Waals surface area contributed by atoms with Crippen molar-refractivity contribution in [2.75, 3.05) is 23.0 Å². The van der Waals surface area contributed by atoms with Gasteiger partial charge in [-0.2, -0.15) is 0 Å². The fourth-order valence-corrected chi connectivity index (χ4v) is 6.06. The number of rotatable bonds is 4. The highest BCUT2D eigenvalue weighted by atomic mass is 32.2. The second-order valence-corrected chi connectivity index (χ2v) is 9.83. The Labute approximate surface area is 166 Å². The molecule has 3 heterocycles. The van der Waals surface area contributed by atoms with Gasteiger partial charge >= 0.3 is 0 Å². The number of carbonyl (C=O) groups excluding carboxylic acids is 1. The lowest BCUT2D eigenvalue weighted by atomic mass is 10.1. The van der Waals surface area contributed by atoms with Gasteiger partial charge < -0.3 is 9.80 Å². The maximum atomic E-state index is 12.9. The smallest absolute Gasteiger partial charge is 0.255 e. The Bertz CT molecular complexity index is 988. The number of anilines is 2. The lowest BCUT2D eigenvalue weighted by molar-refractivity contribution is 0.0708. The minimum absolute atomic E-state index is 0.0557. The van der Waals surface area contributed by atoms with Gasteiger partial charge in [0.2, 0.25) is 0 Å². The first-order valence-corrected chi connectivity index (χ1v) is 11.6. The van der Waals surface area contributed by atoms with E-state index >= 15 is 0 Å². The summed E-state index contributed by atoms with van der Waals surface area (Å²) < 4.78 is 23.6. The lowest BCUT2D eigenvalue weighted by Gasteiger charge is -2.27. The van der Waals surface area contributed by atoms with Crippen LogP contribution in [-0.4, -0.2) is 54.3 Å². The molecule has 0 spiro atoms. The number of amides is 1. The summed E-state index contributed by atoms with van der Waals surface area (Å²) in [6, 6.07) is 12.0. The van der Waals surface area contributed by atoms with Gasteiger partial charge in [-0.25, -0.2) is 13.4 Å². The van der Waals surface area contributed by atoms with Crippen LogP contribution in [0.4, 0.5) is 11.5 Å². The highest BCUT2D eigenvalue weighted by Gasteiger charge is 2.34. The minimum Gasteiger partial charge on any atom is -0.335 e. The molecule has 0 aliphatic carbocycles. The molecular weight excluding hydrogens is 374 g/mol. The van der Waals surface area contributed by atoms with E-state index in [-0.39, 0.29) is 23.5 Å². The van der Waals surface area contributed by atoms with Gasteiger partial charge in [0, 0.05) is 30.5 Å². The first kappa shape index (κ1) is 18.9. The summed E-state index contributed by atoms with van der Waals surface area (Å²) in [4.78, 5) is 21.4. The fourth-order valence-electron chi connectivity index (χ4n) is 4.32. The molecule has 28 heavy (non-hydrogen) atoms. The van der Waals surface area contributed by atoms with Crippen molar-refractivity contribution in [3.05, 3.63) is 53.7 Å². The number of carbonyl (C=O) groups is 1. The van der Waals surface area contributed by atoms with Crippen molar-refractivity contribution in [2.24, 2.45) is 0 Å². The first-order valence-electron chi connectivity index (χ1n) is 9.74. The Kier molecular flexibility index (Phi) is 4.87. The maximum absolute atomic E-state index is 12.9. The monoisotopic (exact) mass is 399 g/mol. The zero-order chi connectivity index (χ0) is 19.9. The Morgan fingerprint density at radius 3 is 2.68 bits per heavy atom. The summed E-state index contributed by atoms with van der Waals surface area (Å²) in [6.45, 7) is 4.53. The largest absolute Gasteiger partial charge is 0.335 e. The second-order valence-electron chi connectivity index (χ2n) is 7.60. The Hall–Kier alpha value is -2.41. The number of aromatic nitrogens is 1. The molecule has 1 aromatic heterocycles. The van der Waals surface area contributed by atoms with Crippen LogP contribution in [0, 0.1) is 0 Å². The predicted octanol–water partition coefficient (Wildman–Crippen LogP) is 2.81. The van der Waals surface area contributed by atoms with Crippen molar-refractivity contribution in [1.82, 2.24) is 9.88 Å². The Balaban J connectivity index is 1.55. The molecule has 2 atom stereocenters. The summed E-state index contributed by atoms with van der Waals surface area (Å²) >= 11 is 0. The predicted molar refractivity (Wildman–Crippen MR) is 110 cm³/mol. The third-order valence-corrected chi connectivity index (χ3v) is 7.45. The number of sulfone groups is 1. The number of nitrogens with zero attached hydrogens (tertiary/aromatic N) is 3. The number of pyridine rings is 1. The molecule has 2 aliphatic heterocycles. The van der Waals surface area contributed by atoms with E-state index in [0.29, 0.717) is 24.6 Å². The number of fused-ring (bicyclic) bond motifs is 1. The van der Waals surface area contributed by atoms with Crippen LogP contribution in [0.5, 0.6) is 0 Å². The highest BCUT2D eigenvalue weighted by Crippen LogP contribution is 2.37. The SMILES string of the molecule is CCN(C(=O)c1ccc(N2c3ccccc3CC2C)nc1)C1CCS(=O)(=O)C1. The van der Waals surface area contributed by atoms with Crippen molar-refractivity contribution in [1.29, 1.82) is 0 Å². The maximum Gasteiger partial charge on any atom is 0.255 e. The van der Waals surface area contributed by atoms with Gasteiger partial charge in [0.15, 0.2) is 9.84 Å². The van der Waals surface area contributed by atoms with Crippen molar-refractivity contribution >= 4 is 27.2 Å². The summed E-state index contributed by atoms with van der Waals surface area (Å²) in [5.41, 5.74) is 2.96. The van der Waals surface area contributed by atoms with Crippen LogP contribution in [0.15, 0.2) is 42.6 Å². The summed E-state index contributed by atoms with van der Waals surface area (Å²) in [7, 11) is -3.03. The zero-order valence-corrected chi connectivity index (χ0v) is 17.0. The number of benzene rings is 1. The van der Waals surface area contributed by atoms with Crippen LogP contribution >= 0.6 is 0 Å². The summed E-state index contributed by atoms with van der Waals surface area (Å²) in [5.74, 6) is 0.879. The van der Waals surface area contributed by atoms with Crippen LogP contribution in [0.2, 0.25) is 0 Å². The molecule has 6 nitrogen and oxygen atoms in total. The van der Waals surface area contributed by atoms with E-state index in [0.717, 1.165) is 17.9 Å². The third kappa shape index (κ3) is 3.39. The van der Waals surface area contributed by atoms with Crippen LogP contribution < -0.4 is 4.90 Å². The van der Waals surface area contributed by atoms with Gasteiger partial charge in [-0.3, -0.25) is 4.79 Å². The van der Waals surface area contributed by atoms with Gasteiger partial charge in [0.1, 0.15) is 5.82 Å². The molecule has 7 heteroatoms. The van der Waals surface area contributed by atoms with Crippen molar-refractivity contribution in [3.63, 3.8) is 0 Å². The number of hydrogen-bond donors (Lipinski definition) is 0. The molecular formula is C21H25N3O3S. The minimum atomic E-state index is -3.03. The average molecular weight is 400 g/mol. The molecule has 0 saturated carbocycles. The number of hydrogen-bond acceptors (Lipinski definition) is 5. The standard InChI is InChI=1S/C21H25N3O3S/c1-3-23(18-10-11-28(26,27)14-18)21(25)17-8-9-20(22-13-17)24-15(2)12-16-6-4-5-7-19(16)24/h4-9,13,15,18H,3,10-12,14H2,1-2H3. The van der Waals surface area contributed by atoms with Gasteiger partial charge in [0.25, 0.3) is 5.91 Å². The Morgan fingerprint density at radius 2 is 2.04 bits per heavy atom. The van der Waals surface area contributed by atoms with E-state index in [1.165, 1.54) is 5.56 Å². The van der Waals surface area contributed by atoms with E-state index in [2.05, 4.69) is 28.9 Å². The van der Waals surface area contributed by atoms with Crippen LogP contribution in [0.1, 0.15) is 36.2 Å². The van der Waals surface area contributed by atoms with E-state index in [9.17, 15) is 13.2 Å². The van der Waals surface area contributed by atoms with Crippen LogP contribution in [-0.2, 0) is 16.3 Å². The van der Waals surface area contributed by atoms with Gasteiger partial charge in [0.05, 0.1) is 17.1 Å². The van der Waals surface area contributed by atoms with Gasteiger partial charge in [-0.15, -0.1) is 0 Å². The number of para-hydroxylation sites is 1. The summed E-state index contributed by atoms with van der Waals surface area (Å²) in [6.07, 6.45) is 3.09. The molecule has 0 bridgehead atoms. The molecule has 0 N–H and O–H groups in total. The van der Waals surface area contributed by atoms with Crippen molar-refractivity contribution in [3.8, 4) is 0 Å². The van der Waals surface area contributed by atoms with Crippen molar-refractivity contribution < 1.29 is 13.2 Å². The summed E-state index contributed by atoms with van der Waals surface area (Å²) in [5, 5.41) is 0. The molecule has 2 aliphatic rings. The molecule has 1 saturated heterocycles. The first-order chi connectivity index (χ1) is 13.4. The topological polar surface area (TPSA) is 70.6 Å². The quantitative estimate of drug-likeness (QED) is 0.791. The molecule has 2 unspecified atom stereocenters. The lowest BCUT2D eigenvalue weighted by Crippen LogP contribution is -2.41. The van der Waals surface area contributed by atoms with Gasteiger partial charge in [-0.05, 0) is 50.5 Å². The van der Waals surface area contributed by atoms with Crippen LogP contribution in [0.25, 0.3) is 0 Å². The second kappa shape index (κ2) is 7.20. The van der Waals surface area contributed by atoms with E-state index in [1.54, 1.807) is 17.2 Å². The fraction of sp³-hybridized carbons (Fsp3) is 0.429. The van der Waals surface area contributed by atoms with Crippen molar-refractivity contribution in [2.45, 2.75) is 38.8 Å². The zero-order valence-electron chi connectivity index (χ0n) is 16.2. The third-order valence-electron chi connectivity index (χ3n) is 5.70. The molecule has 1 amide bonds. The molecule has 2 aromatic rings. The van der Waals surface area contributed by atoms with E-state index in [4.69, 9.17) is 0 Å². The Morgan fingerprint density at radius 1 is 1.25 bits per heavy atom. The highest BCUT2D eigenvalue weighted by molar-refractivity contribution is 7.91. The molecule has 148 valence electrons. The molecule has 1 aromatic carbocycles. The van der Waals surface area contributed by atoms with E-state index in [1.807, 2.05) is 25.1 Å².